The van der Waals surface area contributed by atoms with Gasteiger partial charge in [-0.2, -0.15) is 26.3 Å². The number of anilines is 2. The minimum atomic E-state index is -4.27. The molecule has 0 bridgehead atoms. The molecule has 0 aliphatic carbocycles. The molecule has 0 N–H and O–H groups in total. The first-order chi connectivity index (χ1) is 27.2. The lowest BCUT2D eigenvalue weighted by molar-refractivity contribution is -0.136. The molecule has 0 amide bonds. The molecule has 8 nitrogen and oxygen atoms in total. The topological polar surface area (TPSA) is 101 Å². The number of sulfonamides is 2. The van der Waals surface area contributed by atoms with E-state index in [1.54, 1.807) is 0 Å². The first-order valence-electron chi connectivity index (χ1n) is 17.6. The van der Waals surface area contributed by atoms with Crippen molar-refractivity contribution in [3.63, 3.8) is 0 Å². The third-order valence-corrected chi connectivity index (χ3v) is 15.6. The van der Waals surface area contributed by atoms with Crippen molar-refractivity contribution in [2.45, 2.75) is 74.5 Å². The zero-order chi connectivity index (χ0) is 42.5. The molecule has 0 unspecified atom stereocenters. The molecule has 58 heavy (non-hydrogen) atoms. The molecule has 0 aliphatic rings. The van der Waals surface area contributed by atoms with Gasteiger partial charge in [0, 0.05) is 47.7 Å². The number of aryl methyl sites for hydroxylation is 2. The van der Waals surface area contributed by atoms with E-state index in [0.29, 0.717) is 10.0 Å². The van der Waals surface area contributed by atoms with Gasteiger partial charge in [0.2, 0.25) is 0 Å². The number of hydrogen-bond acceptors (Lipinski definition) is 8. The SMILES string of the molecule is Cc1c(N(CCCCC(F)(F)F)S(=O)(=O)c2ccc(Cl)nc2)sc2ccccc12.Cc1c(N(CCCCC(F)(F)F)S(=O)(=O)c2ccc(Cl)nc2)sc2ccccc12. The predicted octanol–water partition coefficient (Wildman–Crippen LogP) is 12.4. The highest BCUT2D eigenvalue weighted by molar-refractivity contribution is 7.93. The minimum absolute atomic E-state index is 0.0606. The van der Waals surface area contributed by atoms with Gasteiger partial charge in [-0.1, -0.05) is 59.6 Å². The summed E-state index contributed by atoms with van der Waals surface area (Å²) in [6, 6.07) is 20.4. The van der Waals surface area contributed by atoms with Crippen LogP contribution in [0.3, 0.4) is 0 Å². The van der Waals surface area contributed by atoms with Crippen LogP contribution in [0, 0.1) is 13.8 Å². The van der Waals surface area contributed by atoms with Crippen LogP contribution in [-0.2, 0) is 20.0 Å². The van der Waals surface area contributed by atoms with E-state index < -0.39 is 45.2 Å². The number of fused-ring (bicyclic) bond motifs is 2. The van der Waals surface area contributed by atoms with E-state index in [2.05, 4.69) is 9.97 Å². The molecule has 6 rings (SSSR count). The molecule has 0 radical (unpaired) electrons. The molecule has 6 aromatic rings. The van der Waals surface area contributed by atoms with Crippen molar-refractivity contribution in [3.8, 4) is 0 Å². The van der Waals surface area contributed by atoms with Crippen molar-refractivity contribution in [2.75, 3.05) is 21.7 Å². The zero-order valence-corrected chi connectivity index (χ0v) is 35.6. The smallest absolute Gasteiger partial charge is 0.257 e. The van der Waals surface area contributed by atoms with E-state index in [-0.39, 0.29) is 58.9 Å². The summed E-state index contributed by atoms with van der Waals surface area (Å²) in [6.45, 7) is 3.50. The summed E-state index contributed by atoms with van der Waals surface area (Å²) >= 11 is 14.1. The molecule has 0 spiro atoms. The third-order valence-electron chi connectivity index (χ3n) is 8.81. The Bertz CT molecular complexity index is 2370. The fraction of sp³-hybridized carbons (Fsp3) is 0.316. The average Bonchev–Trinajstić information content (AvgIpc) is 3.66. The summed E-state index contributed by atoms with van der Waals surface area (Å²) in [5, 5.41) is 3.12. The Labute approximate surface area is 350 Å². The maximum atomic E-state index is 13.3. The van der Waals surface area contributed by atoms with E-state index in [1.807, 2.05) is 62.4 Å². The van der Waals surface area contributed by atoms with E-state index in [1.165, 1.54) is 55.5 Å². The molecule has 0 fully saturated rings. The number of halogens is 8. The first kappa shape index (κ1) is 45.4. The quantitative estimate of drug-likeness (QED) is 0.0613. The number of benzene rings is 2. The minimum Gasteiger partial charge on any atom is -0.257 e. The second kappa shape index (κ2) is 18.7. The molecular formula is C38H36Cl2F6N4O4S4. The van der Waals surface area contributed by atoms with Gasteiger partial charge < -0.3 is 0 Å². The number of nitrogens with zero attached hydrogens (tertiary/aromatic N) is 4. The fourth-order valence-corrected chi connectivity index (χ4v) is 12.0. The number of unbranched alkanes of at least 4 members (excludes halogenated alkanes) is 2. The summed E-state index contributed by atoms with van der Waals surface area (Å²) in [5.74, 6) is 0. The number of thiophene rings is 2. The Balaban J connectivity index is 0.000000221. The molecule has 4 aromatic heterocycles. The van der Waals surface area contributed by atoms with Gasteiger partial charge >= 0.3 is 12.4 Å². The van der Waals surface area contributed by atoms with E-state index in [9.17, 15) is 43.2 Å². The van der Waals surface area contributed by atoms with Crippen LogP contribution in [0.4, 0.5) is 36.3 Å². The Kier molecular flexibility index (Phi) is 14.6. The van der Waals surface area contributed by atoms with Gasteiger partial charge in [0.15, 0.2) is 0 Å². The average molecular weight is 926 g/mol. The standard InChI is InChI=1S/2C19H18ClF3N2O2S2/c2*1-13-15-6-2-3-7-16(15)28-18(13)25(11-5-4-10-19(21,22)23)29(26,27)14-8-9-17(20)24-12-14/h2*2-3,6-9,12H,4-5,10-11H2,1H3. The van der Waals surface area contributed by atoms with Crippen LogP contribution in [0.5, 0.6) is 0 Å². The molecule has 0 saturated carbocycles. The normalized spacial score (nSPS) is 12.4. The highest BCUT2D eigenvalue weighted by Crippen LogP contribution is 2.42. The summed E-state index contributed by atoms with van der Waals surface area (Å²) in [6.07, 6.45) is -8.28. The van der Waals surface area contributed by atoms with Gasteiger partial charge in [-0.25, -0.2) is 26.8 Å². The fourth-order valence-electron chi connectivity index (χ4n) is 5.91. The highest BCUT2D eigenvalue weighted by atomic mass is 35.5. The van der Waals surface area contributed by atoms with Crippen LogP contribution < -0.4 is 8.61 Å². The number of alkyl halides is 6. The van der Waals surface area contributed by atoms with E-state index in [4.69, 9.17) is 23.2 Å². The van der Waals surface area contributed by atoms with Crippen LogP contribution in [0.15, 0.2) is 95.0 Å². The van der Waals surface area contributed by atoms with Crippen LogP contribution in [-0.4, -0.2) is 52.2 Å². The van der Waals surface area contributed by atoms with Gasteiger partial charge in [-0.15, -0.1) is 22.7 Å². The van der Waals surface area contributed by atoms with E-state index >= 15 is 0 Å². The van der Waals surface area contributed by atoms with Crippen molar-refractivity contribution in [1.82, 2.24) is 9.97 Å². The number of pyridine rings is 2. The molecule has 0 atom stereocenters. The predicted molar refractivity (Wildman–Crippen MR) is 220 cm³/mol. The summed E-state index contributed by atoms with van der Waals surface area (Å²) in [7, 11) is -8.03. The van der Waals surface area contributed by atoms with Crippen molar-refractivity contribution in [1.29, 1.82) is 0 Å². The van der Waals surface area contributed by atoms with Crippen molar-refractivity contribution in [3.05, 3.63) is 107 Å². The Morgan fingerprint density at radius 1 is 0.569 bits per heavy atom. The molecule has 20 heteroatoms. The molecule has 312 valence electrons. The summed E-state index contributed by atoms with van der Waals surface area (Å²) in [5.41, 5.74) is 1.54. The van der Waals surface area contributed by atoms with Gasteiger partial charge in [0.05, 0.1) is 0 Å². The number of rotatable bonds is 14. The summed E-state index contributed by atoms with van der Waals surface area (Å²) in [4.78, 5) is 7.54. The molecular weight excluding hydrogens is 890 g/mol. The first-order valence-corrected chi connectivity index (χ1v) is 22.8. The second-order valence-electron chi connectivity index (χ2n) is 13.0. The van der Waals surface area contributed by atoms with Crippen molar-refractivity contribution in [2.24, 2.45) is 0 Å². The lowest BCUT2D eigenvalue weighted by Crippen LogP contribution is -2.32. The lowest BCUT2D eigenvalue weighted by Gasteiger charge is -2.24. The van der Waals surface area contributed by atoms with Crippen LogP contribution in [0.1, 0.15) is 49.7 Å². The zero-order valence-electron chi connectivity index (χ0n) is 30.8. The van der Waals surface area contributed by atoms with E-state index in [0.717, 1.165) is 43.7 Å². The van der Waals surface area contributed by atoms with Crippen LogP contribution in [0.2, 0.25) is 10.3 Å². The van der Waals surface area contributed by atoms with Gasteiger partial charge in [0.25, 0.3) is 20.0 Å². The number of hydrogen-bond donors (Lipinski definition) is 0. The van der Waals surface area contributed by atoms with Gasteiger partial charge in [-0.3, -0.25) is 8.61 Å². The summed E-state index contributed by atoms with van der Waals surface area (Å²) < 4.78 is 132. The van der Waals surface area contributed by atoms with Gasteiger partial charge in [-0.05, 0) is 97.8 Å². The van der Waals surface area contributed by atoms with Gasteiger partial charge in [0.1, 0.15) is 30.1 Å². The maximum absolute atomic E-state index is 13.3. The highest BCUT2D eigenvalue weighted by Gasteiger charge is 2.32. The largest absolute Gasteiger partial charge is 0.389 e. The lowest BCUT2D eigenvalue weighted by atomic mass is 10.2. The second-order valence-corrected chi connectivity index (χ2v) is 19.5. The third kappa shape index (κ3) is 11.3. The molecule has 0 saturated heterocycles. The molecule has 0 aliphatic heterocycles. The van der Waals surface area contributed by atoms with Crippen molar-refractivity contribution >= 4 is 96.1 Å². The van der Waals surface area contributed by atoms with Crippen LogP contribution >= 0.6 is 45.9 Å². The Morgan fingerprint density at radius 2 is 0.931 bits per heavy atom. The molecule has 2 aromatic carbocycles. The van der Waals surface area contributed by atoms with Crippen molar-refractivity contribution < 1.29 is 43.2 Å². The molecule has 4 heterocycles. The Morgan fingerprint density at radius 3 is 1.24 bits per heavy atom. The Hall–Kier alpha value is -3.68. The number of aromatic nitrogens is 2. The monoisotopic (exact) mass is 924 g/mol. The maximum Gasteiger partial charge on any atom is 0.389 e. The van der Waals surface area contributed by atoms with Crippen LogP contribution in [0.25, 0.3) is 20.2 Å².